The molecule has 0 atom stereocenters. The van der Waals surface area contributed by atoms with Gasteiger partial charge in [-0.15, -0.1) is 0 Å². The van der Waals surface area contributed by atoms with Crippen LogP contribution >= 0.6 is 47.8 Å². The Morgan fingerprint density at radius 3 is 2.62 bits per heavy atom. The van der Waals surface area contributed by atoms with Crippen LogP contribution in [0.5, 0.6) is 0 Å². The van der Waals surface area contributed by atoms with E-state index in [1.54, 1.807) is 12.1 Å². The third-order valence-electron chi connectivity index (χ3n) is 1.75. The van der Waals surface area contributed by atoms with E-state index in [2.05, 4.69) is 47.8 Å². The molecule has 0 bridgehead atoms. The Hall–Kier alpha value is 0.130. The van der Waals surface area contributed by atoms with Gasteiger partial charge in [0.25, 0.3) is 0 Å². The Morgan fingerprint density at radius 1 is 1.31 bits per heavy atom. The fourth-order valence-electron chi connectivity index (χ4n) is 1.21. The summed E-state index contributed by atoms with van der Waals surface area (Å²) in [5, 5.41) is 0. The van der Waals surface area contributed by atoms with E-state index in [0.29, 0.717) is 5.56 Å². The first-order valence-electron chi connectivity index (χ1n) is 3.42. The van der Waals surface area contributed by atoms with Crippen LogP contribution in [0.4, 0.5) is 0 Å². The molecule has 1 aromatic carbocycles. The predicted octanol–water partition coefficient (Wildman–Crippen LogP) is 3.52. The Kier molecular flexibility index (Phi) is 2.28. The zero-order valence-electron chi connectivity index (χ0n) is 6.18. The number of fused-ring (bicyclic) bond motifs is 1. The molecular weight excluding hydrogens is 368 g/mol. The van der Waals surface area contributed by atoms with Crippen molar-refractivity contribution in [2.45, 2.75) is 3.42 Å². The van der Waals surface area contributed by atoms with Gasteiger partial charge in [0.2, 0.25) is 3.42 Å². The molecule has 0 spiro atoms. The van der Waals surface area contributed by atoms with Crippen LogP contribution < -0.4 is 0 Å². The lowest BCUT2D eigenvalue weighted by molar-refractivity contribution is 0.0493. The number of carbonyl (C=O) groups excluding carboxylic acids is 1. The van der Waals surface area contributed by atoms with Crippen molar-refractivity contribution in [1.82, 2.24) is 0 Å². The minimum Gasteiger partial charge on any atom is -0.429 e. The van der Waals surface area contributed by atoms with Gasteiger partial charge in [0.1, 0.15) is 0 Å². The first-order chi connectivity index (χ1) is 6.02. The van der Waals surface area contributed by atoms with Gasteiger partial charge in [0.05, 0.1) is 5.56 Å². The molecule has 68 valence electrons. The molecule has 1 aromatic rings. The SMILES string of the molecule is O=C1OC(Br)(Br)c2c(Br)cccc21. The number of esters is 1. The number of hydrogen-bond donors (Lipinski definition) is 0. The van der Waals surface area contributed by atoms with Crippen molar-refractivity contribution < 1.29 is 9.53 Å². The first kappa shape index (κ1) is 9.68. The number of alkyl halides is 2. The van der Waals surface area contributed by atoms with Crippen molar-refractivity contribution in [2.75, 3.05) is 0 Å². The maximum absolute atomic E-state index is 11.3. The summed E-state index contributed by atoms with van der Waals surface area (Å²) in [6, 6.07) is 5.39. The van der Waals surface area contributed by atoms with E-state index in [0.717, 1.165) is 10.0 Å². The molecule has 0 unspecified atom stereocenters. The summed E-state index contributed by atoms with van der Waals surface area (Å²) in [5.41, 5.74) is 1.35. The minimum atomic E-state index is -0.882. The van der Waals surface area contributed by atoms with Gasteiger partial charge in [0.15, 0.2) is 0 Å². The average molecular weight is 371 g/mol. The van der Waals surface area contributed by atoms with Crippen molar-refractivity contribution >= 4 is 53.8 Å². The van der Waals surface area contributed by atoms with Crippen LogP contribution in [0.3, 0.4) is 0 Å². The fourth-order valence-corrected chi connectivity index (χ4v) is 3.54. The highest BCUT2D eigenvalue weighted by molar-refractivity contribution is 9.24. The number of rotatable bonds is 0. The molecule has 1 aliphatic rings. The van der Waals surface area contributed by atoms with Crippen molar-refractivity contribution in [2.24, 2.45) is 0 Å². The van der Waals surface area contributed by atoms with E-state index in [-0.39, 0.29) is 5.97 Å². The summed E-state index contributed by atoms with van der Waals surface area (Å²) in [6.07, 6.45) is 0. The highest BCUT2D eigenvalue weighted by Gasteiger charge is 2.42. The summed E-state index contributed by atoms with van der Waals surface area (Å²) in [6.45, 7) is 0. The molecule has 0 amide bonds. The molecule has 13 heavy (non-hydrogen) atoms. The topological polar surface area (TPSA) is 26.3 Å². The molecule has 2 nitrogen and oxygen atoms in total. The molecule has 0 fully saturated rings. The Bertz CT molecular complexity index is 387. The molecule has 1 heterocycles. The Morgan fingerprint density at radius 2 is 2.00 bits per heavy atom. The van der Waals surface area contributed by atoms with E-state index >= 15 is 0 Å². The zero-order chi connectivity index (χ0) is 9.64. The number of cyclic esters (lactones) is 1. The predicted molar refractivity (Wildman–Crippen MR) is 59.1 cm³/mol. The largest absolute Gasteiger partial charge is 0.429 e. The number of carbonyl (C=O) groups is 1. The zero-order valence-corrected chi connectivity index (χ0v) is 10.9. The summed E-state index contributed by atoms with van der Waals surface area (Å²) in [5.74, 6) is -0.329. The second kappa shape index (κ2) is 3.07. The minimum absolute atomic E-state index is 0.329. The van der Waals surface area contributed by atoms with Crippen LogP contribution in [-0.4, -0.2) is 5.97 Å². The molecule has 2 rings (SSSR count). The average Bonchev–Trinajstić information content (AvgIpc) is 2.24. The summed E-state index contributed by atoms with van der Waals surface area (Å²) in [4.78, 5) is 11.3. The van der Waals surface area contributed by atoms with Crippen molar-refractivity contribution in [3.63, 3.8) is 0 Å². The van der Waals surface area contributed by atoms with Crippen LogP contribution in [-0.2, 0) is 8.16 Å². The second-order valence-corrected chi connectivity index (χ2v) is 6.72. The van der Waals surface area contributed by atoms with Crippen LogP contribution in [0.25, 0.3) is 0 Å². The van der Waals surface area contributed by atoms with Crippen LogP contribution in [0.2, 0.25) is 0 Å². The number of ether oxygens (including phenoxy) is 1. The molecule has 0 aliphatic carbocycles. The van der Waals surface area contributed by atoms with Gasteiger partial charge in [-0.25, -0.2) is 4.79 Å². The summed E-state index contributed by atoms with van der Waals surface area (Å²) in [7, 11) is 0. The van der Waals surface area contributed by atoms with E-state index in [9.17, 15) is 4.79 Å². The van der Waals surface area contributed by atoms with Gasteiger partial charge in [-0.2, -0.15) is 0 Å². The Balaban J connectivity index is 2.73. The van der Waals surface area contributed by atoms with Crippen molar-refractivity contribution in [3.05, 3.63) is 33.8 Å². The van der Waals surface area contributed by atoms with Crippen molar-refractivity contribution in [1.29, 1.82) is 0 Å². The highest BCUT2D eigenvalue weighted by Crippen LogP contribution is 2.49. The first-order valence-corrected chi connectivity index (χ1v) is 5.80. The third-order valence-corrected chi connectivity index (χ3v) is 3.52. The van der Waals surface area contributed by atoms with E-state index in [1.165, 1.54) is 0 Å². The van der Waals surface area contributed by atoms with Crippen molar-refractivity contribution in [3.8, 4) is 0 Å². The van der Waals surface area contributed by atoms with E-state index in [1.807, 2.05) is 6.07 Å². The lowest BCUT2D eigenvalue weighted by Gasteiger charge is -2.13. The standard InChI is InChI=1S/C8H3Br3O2/c9-5-3-1-2-4-6(5)8(10,11)13-7(4)12/h1-3H. The van der Waals surface area contributed by atoms with Crippen LogP contribution in [0.1, 0.15) is 15.9 Å². The number of halogens is 3. The maximum Gasteiger partial charge on any atom is 0.341 e. The molecular formula is C8H3Br3O2. The normalized spacial score (nSPS) is 18.2. The maximum atomic E-state index is 11.3. The van der Waals surface area contributed by atoms with Gasteiger partial charge in [-0.05, 0) is 44.0 Å². The summed E-state index contributed by atoms with van der Waals surface area (Å²) < 4.78 is 5.02. The molecule has 1 aliphatic heterocycles. The fraction of sp³-hybridized carbons (Fsp3) is 0.125. The van der Waals surface area contributed by atoms with Gasteiger partial charge in [-0.3, -0.25) is 0 Å². The molecule has 5 heteroatoms. The van der Waals surface area contributed by atoms with Crippen LogP contribution in [0, 0.1) is 0 Å². The second-order valence-electron chi connectivity index (χ2n) is 2.57. The van der Waals surface area contributed by atoms with Gasteiger partial charge in [-0.1, -0.05) is 22.0 Å². The van der Waals surface area contributed by atoms with Gasteiger partial charge >= 0.3 is 5.97 Å². The van der Waals surface area contributed by atoms with Gasteiger partial charge in [0, 0.05) is 10.0 Å². The smallest absolute Gasteiger partial charge is 0.341 e. The molecule has 0 N–H and O–H groups in total. The molecule has 0 saturated heterocycles. The number of benzene rings is 1. The number of hydrogen-bond acceptors (Lipinski definition) is 2. The Labute approximate surface area is 100 Å². The monoisotopic (exact) mass is 368 g/mol. The molecule has 0 radical (unpaired) electrons. The molecule has 0 aromatic heterocycles. The lowest BCUT2D eigenvalue weighted by atomic mass is 10.1. The molecule has 0 saturated carbocycles. The van der Waals surface area contributed by atoms with E-state index in [4.69, 9.17) is 4.74 Å². The highest BCUT2D eigenvalue weighted by atomic mass is 79.9. The quantitative estimate of drug-likeness (QED) is 0.516. The van der Waals surface area contributed by atoms with Gasteiger partial charge < -0.3 is 4.74 Å². The lowest BCUT2D eigenvalue weighted by Crippen LogP contribution is -2.07. The summed E-state index contributed by atoms with van der Waals surface area (Å²) >= 11 is 9.91. The third kappa shape index (κ3) is 1.47. The van der Waals surface area contributed by atoms with E-state index < -0.39 is 3.42 Å². The van der Waals surface area contributed by atoms with Crippen LogP contribution in [0.15, 0.2) is 22.7 Å².